The van der Waals surface area contributed by atoms with Crippen LogP contribution in [0.4, 0.5) is 0 Å². The molecule has 0 saturated heterocycles. The average Bonchev–Trinajstić information content (AvgIpc) is 3.16. The van der Waals surface area contributed by atoms with Crippen molar-refractivity contribution in [3.8, 4) is 0 Å². The van der Waals surface area contributed by atoms with Crippen LogP contribution in [0.25, 0.3) is 5.78 Å². The summed E-state index contributed by atoms with van der Waals surface area (Å²) in [5, 5.41) is 0.951. The molecule has 3 heterocycles. The summed E-state index contributed by atoms with van der Waals surface area (Å²) in [5.41, 5.74) is 5.79. The third-order valence-corrected chi connectivity index (χ3v) is 6.45. The van der Waals surface area contributed by atoms with Gasteiger partial charge in [-0.15, -0.1) is 0 Å². The molecule has 0 spiro atoms. The topological polar surface area (TPSA) is 58.9 Å². The number of hydrogen-bond donors (Lipinski definition) is 1. The van der Waals surface area contributed by atoms with E-state index in [2.05, 4.69) is 62.8 Å². The van der Waals surface area contributed by atoms with Gasteiger partial charge in [0.2, 0.25) is 5.78 Å². The summed E-state index contributed by atoms with van der Waals surface area (Å²) < 4.78 is 2.07. The van der Waals surface area contributed by atoms with Gasteiger partial charge in [-0.05, 0) is 56.2 Å². The minimum absolute atomic E-state index is 0.0579. The number of benzene rings is 1. The number of nitrogens with one attached hydrogen (secondary N) is 1. The molecule has 5 nitrogen and oxygen atoms in total. The normalized spacial score (nSPS) is 15.2. The van der Waals surface area contributed by atoms with Gasteiger partial charge in [-0.3, -0.25) is 4.40 Å². The van der Waals surface area contributed by atoms with E-state index in [1.165, 1.54) is 30.4 Å². The number of aryl methyl sites for hydroxylation is 2. The summed E-state index contributed by atoms with van der Waals surface area (Å²) in [5.74, 6) is 1.65. The maximum atomic E-state index is 4.86. The first-order valence-corrected chi connectivity index (χ1v) is 10.6. The van der Waals surface area contributed by atoms with Crippen molar-refractivity contribution in [2.24, 2.45) is 5.92 Å². The van der Waals surface area contributed by atoms with Gasteiger partial charge in [0.15, 0.2) is 5.16 Å². The maximum Gasteiger partial charge on any atom is 0.234 e. The van der Waals surface area contributed by atoms with E-state index in [4.69, 9.17) is 4.98 Å². The van der Waals surface area contributed by atoms with Gasteiger partial charge >= 0.3 is 0 Å². The lowest BCUT2D eigenvalue weighted by Gasteiger charge is -2.14. The highest BCUT2D eigenvalue weighted by Gasteiger charge is 2.23. The van der Waals surface area contributed by atoms with E-state index in [9.17, 15) is 0 Å². The second-order valence-corrected chi connectivity index (χ2v) is 8.75. The summed E-state index contributed by atoms with van der Waals surface area (Å²) in [7, 11) is 0. The lowest BCUT2D eigenvalue weighted by Crippen LogP contribution is -1.99. The van der Waals surface area contributed by atoms with E-state index in [1.807, 2.05) is 13.1 Å². The second-order valence-electron chi connectivity index (χ2n) is 7.66. The number of nitrogens with zero attached hydrogens (tertiary/aromatic N) is 4. The van der Waals surface area contributed by atoms with Crippen LogP contribution in [-0.4, -0.2) is 24.3 Å². The molecule has 1 N–H and O–H groups in total. The molecule has 6 heteroatoms. The quantitative estimate of drug-likeness (QED) is 0.476. The van der Waals surface area contributed by atoms with Gasteiger partial charge < -0.3 is 4.98 Å². The SMILES string of the molecule is Cc1cc(C)n2cc(C(Sc3ncc[nH]3)c3ccc(CC4CC4)cc3)nc2n1. The smallest absolute Gasteiger partial charge is 0.234 e. The molecule has 4 aromatic rings. The van der Waals surface area contributed by atoms with Crippen molar-refractivity contribution in [1.29, 1.82) is 0 Å². The average molecular weight is 390 g/mol. The predicted molar refractivity (Wildman–Crippen MR) is 112 cm³/mol. The molecule has 0 amide bonds. The summed E-state index contributed by atoms with van der Waals surface area (Å²) >= 11 is 1.69. The molecule has 1 aromatic carbocycles. The summed E-state index contributed by atoms with van der Waals surface area (Å²) in [6.45, 7) is 4.10. The molecular formula is C22H23N5S. The van der Waals surface area contributed by atoms with Gasteiger partial charge in [-0.2, -0.15) is 0 Å². The van der Waals surface area contributed by atoms with Crippen LogP contribution in [0.5, 0.6) is 0 Å². The monoisotopic (exact) mass is 389 g/mol. The summed E-state index contributed by atoms with van der Waals surface area (Å²) in [6.07, 6.45) is 9.72. The third-order valence-electron chi connectivity index (χ3n) is 5.26. The standard InChI is InChI=1S/C22H23N5S/c1-14-11-15(2)27-13-19(26-21(27)25-14)20(28-22-23-9-10-24-22)18-7-5-17(6-8-18)12-16-3-4-16/h5-11,13,16,20H,3-4,12H2,1-2H3,(H,23,24). The Labute approximate surface area is 168 Å². The zero-order valence-corrected chi connectivity index (χ0v) is 16.9. The Morgan fingerprint density at radius 1 is 1.18 bits per heavy atom. The van der Waals surface area contributed by atoms with Crippen molar-refractivity contribution in [3.05, 3.63) is 77.1 Å². The van der Waals surface area contributed by atoms with Gasteiger partial charge in [-0.25, -0.2) is 15.0 Å². The van der Waals surface area contributed by atoms with Crippen LogP contribution in [0.15, 0.2) is 54.1 Å². The van der Waals surface area contributed by atoms with E-state index in [0.717, 1.165) is 33.9 Å². The van der Waals surface area contributed by atoms with Crippen molar-refractivity contribution >= 4 is 17.5 Å². The Balaban J connectivity index is 1.53. The van der Waals surface area contributed by atoms with Crippen molar-refractivity contribution in [2.75, 3.05) is 0 Å². The summed E-state index contributed by atoms with van der Waals surface area (Å²) in [4.78, 5) is 17.1. The highest BCUT2D eigenvalue weighted by molar-refractivity contribution is 7.99. The first-order chi connectivity index (χ1) is 13.7. The molecule has 1 unspecified atom stereocenters. The van der Waals surface area contributed by atoms with Crippen molar-refractivity contribution in [3.63, 3.8) is 0 Å². The lowest BCUT2D eigenvalue weighted by molar-refractivity contribution is 0.831. The second kappa shape index (κ2) is 7.09. The number of rotatable bonds is 6. The largest absolute Gasteiger partial charge is 0.340 e. The zero-order chi connectivity index (χ0) is 19.1. The minimum atomic E-state index is 0.0579. The molecule has 142 valence electrons. The summed E-state index contributed by atoms with van der Waals surface area (Å²) in [6, 6.07) is 11.1. The third kappa shape index (κ3) is 3.56. The van der Waals surface area contributed by atoms with Crippen molar-refractivity contribution < 1.29 is 0 Å². The fourth-order valence-electron chi connectivity index (χ4n) is 3.62. The molecule has 0 radical (unpaired) electrons. The van der Waals surface area contributed by atoms with Gasteiger partial charge in [0.05, 0.1) is 10.9 Å². The van der Waals surface area contributed by atoms with E-state index >= 15 is 0 Å². The molecule has 28 heavy (non-hydrogen) atoms. The Bertz CT molecular complexity index is 1090. The Morgan fingerprint density at radius 3 is 2.71 bits per heavy atom. The van der Waals surface area contributed by atoms with E-state index in [0.29, 0.717) is 0 Å². The van der Waals surface area contributed by atoms with Crippen LogP contribution in [0.2, 0.25) is 0 Å². The Morgan fingerprint density at radius 2 is 2.00 bits per heavy atom. The van der Waals surface area contributed by atoms with Gasteiger partial charge in [0.25, 0.3) is 0 Å². The molecule has 1 fully saturated rings. The fraction of sp³-hybridized carbons (Fsp3) is 0.318. The molecule has 5 rings (SSSR count). The first kappa shape index (κ1) is 17.5. The first-order valence-electron chi connectivity index (χ1n) is 9.74. The fourth-order valence-corrected chi connectivity index (χ4v) is 4.63. The number of H-pyrrole nitrogens is 1. The molecule has 1 saturated carbocycles. The Hall–Kier alpha value is -2.60. The lowest BCUT2D eigenvalue weighted by atomic mass is 10.0. The van der Waals surface area contributed by atoms with Crippen molar-refractivity contribution in [2.45, 2.75) is 43.5 Å². The molecule has 1 aliphatic carbocycles. The van der Waals surface area contributed by atoms with E-state index in [1.54, 1.807) is 18.0 Å². The van der Waals surface area contributed by atoms with Crippen molar-refractivity contribution in [1.82, 2.24) is 24.3 Å². The number of imidazole rings is 2. The molecule has 3 aromatic heterocycles. The number of fused-ring (bicyclic) bond motifs is 1. The van der Waals surface area contributed by atoms with Crippen LogP contribution < -0.4 is 0 Å². The van der Waals surface area contributed by atoms with Gasteiger partial charge in [-0.1, -0.05) is 36.0 Å². The van der Waals surface area contributed by atoms with Crippen LogP contribution >= 0.6 is 11.8 Å². The predicted octanol–water partition coefficient (Wildman–Crippen LogP) is 4.90. The number of thioether (sulfide) groups is 1. The van der Waals surface area contributed by atoms with Gasteiger partial charge in [0.1, 0.15) is 0 Å². The van der Waals surface area contributed by atoms with Crippen LogP contribution in [0.1, 0.15) is 46.3 Å². The zero-order valence-electron chi connectivity index (χ0n) is 16.1. The molecule has 0 aliphatic heterocycles. The van der Waals surface area contributed by atoms with E-state index < -0.39 is 0 Å². The maximum absolute atomic E-state index is 4.86. The highest BCUT2D eigenvalue weighted by Crippen LogP contribution is 2.39. The number of aromatic amines is 1. The molecule has 0 bridgehead atoms. The Kier molecular flexibility index (Phi) is 4.43. The van der Waals surface area contributed by atoms with Crippen LogP contribution in [0.3, 0.4) is 0 Å². The van der Waals surface area contributed by atoms with Crippen LogP contribution in [0, 0.1) is 19.8 Å². The molecular weight excluding hydrogens is 366 g/mol. The minimum Gasteiger partial charge on any atom is -0.340 e. The number of aromatic nitrogens is 5. The van der Waals surface area contributed by atoms with E-state index in [-0.39, 0.29) is 5.25 Å². The van der Waals surface area contributed by atoms with Crippen LogP contribution in [-0.2, 0) is 6.42 Å². The highest BCUT2D eigenvalue weighted by atomic mass is 32.2. The van der Waals surface area contributed by atoms with Gasteiger partial charge in [0, 0.05) is 30.0 Å². The number of hydrogen-bond acceptors (Lipinski definition) is 4. The molecule has 1 aliphatic rings. The molecule has 1 atom stereocenters.